The van der Waals surface area contributed by atoms with E-state index in [0.29, 0.717) is 35.3 Å². The number of allylic oxidation sites excluding steroid dienone is 1. The Morgan fingerprint density at radius 1 is 1.31 bits per heavy atom. The molecule has 3 unspecified atom stereocenters. The Kier molecular flexibility index (Phi) is 4.39. The molecule has 1 aliphatic carbocycles. The number of carbonyl (C=O) groups is 1. The summed E-state index contributed by atoms with van der Waals surface area (Å²) in [5.41, 5.74) is 1.56. The van der Waals surface area contributed by atoms with Gasteiger partial charge in [0.25, 0.3) is 0 Å². The maximum absolute atomic E-state index is 14.7. The number of aliphatic imine (C=N–C) groups is 1. The van der Waals surface area contributed by atoms with Gasteiger partial charge in [0.15, 0.2) is 5.82 Å². The van der Waals surface area contributed by atoms with Gasteiger partial charge < -0.3 is 9.88 Å². The van der Waals surface area contributed by atoms with Crippen molar-refractivity contribution in [3.8, 4) is 0 Å². The number of fused-ring (bicyclic) bond motifs is 1. The van der Waals surface area contributed by atoms with Gasteiger partial charge in [-0.2, -0.15) is 0 Å². The van der Waals surface area contributed by atoms with Crippen molar-refractivity contribution in [2.45, 2.75) is 32.2 Å². The second kappa shape index (κ2) is 6.71. The van der Waals surface area contributed by atoms with Crippen molar-refractivity contribution in [1.82, 2.24) is 9.88 Å². The van der Waals surface area contributed by atoms with Crippen LogP contribution in [0.1, 0.15) is 31.7 Å². The van der Waals surface area contributed by atoms with Crippen LogP contribution >= 0.6 is 0 Å². The van der Waals surface area contributed by atoms with E-state index in [1.54, 1.807) is 18.3 Å². The maximum atomic E-state index is 14.7. The van der Waals surface area contributed by atoms with Crippen LogP contribution in [0.5, 0.6) is 0 Å². The predicted octanol–water partition coefficient (Wildman–Crippen LogP) is 3.93. The monoisotopic (exact) mass is 353 g/mol. The molecule has 1 fully saturated rings. The van der Waals surface area contributed by atoms with Crippen molar-refractivity contribution in [2.24, 2.45) is 16.8 Å². The van der Waals surface area contributed by atoms with E-state index < -0.39 is 0 Å². The number of H-pyrrole nitrogens is 1. The Morgan fingerprint density at radius 3 is 2.85 bits per heavy atom. The Bertz CT molecular complexity index is 898. The number of hydrogen-bond donors (Lipinski definition) is 1. The number of halogens is 1. The molecule has 0 radical (unpaired) electrons. The molecule has 4 rings (SSSR count). The van der Waals surface area contributed by atoms with Gasteiger partial charge in [0.05, 0.1) is 23.7 Å². The largest absolute Gasteiger partial charge is 0.359 e. The Morgan fingerprint density at radius 2 is 2.15 bits per heavy atom. The van der Waals surface area contributed by atoms with E-state index in [1.165, 1.54) is 6.42 Å². The van der Waals surface area contributed by atoms with Crippen LogP contribution in [-0.2, 0) is 4.79 Å². The lowest BCUT2D eigenvalue weighted by Gasteiger charge is -2.28. The molecule has 2 aliphatic rings. The zero-order valence-corrected chi connectivity index (χ0v) is 15.2. The van der Waals surface area contributed by atoms with E-state index >= 15 is 0 Å². The number of aromatic nitrogens is 1. The summed E-state index contributed by atoms with van der Waals surface area (Å²) in [4.78, 5) is 22.1. The quantitative estimate of drug-likeness (QED) is 0.893. The highest BCUT2D eigenvalue weighted by atomic mass is 19.1. The summed E-state index contributed by atoms with van der Waals surface area (Å²) in [5, 5.41) is 0.840. The zero-order valence-electron chi connectivity index (χ0n) is 15.2. The first-order valence-corrected chi connectivity index (χ1v) is 9.30. The molecule has 1 aromatic heterocycles. The minimum absolute atomic E-state index is 0.114. The number of hydrogen-bond acceptors (Lipinski definition) is 2. The van der Waals surface area contributed by atoms with Crippen LogP contribution in [0.4, 0.5) is 4.39 Å². The molecule has 136 valence electrons. The average molecular weight is 353 g/mol. The van der Waals surface area contributed by atoms with Gasteiger partial charge in [-0.3, -0.25) is 9.79 Å². The third-order valence-corrected chi connectivity index (χ3v) is 5.77. The van der Waals surface area contributed by atoms with Crippen LogP contribution in [0.3, 0.4) is 0 Å². The summed E-state index contributed by atoms with van der Waals surface area (Å²) in [6, 6.07) is 5.81. The van der Waals surface area contributed by atoms with Crippen molar-refractivity contribution >= 4 is 22.5 Å². The first-order chi connectivity index (χ1) is 12.5. The van der Waals surface area contributed by atoms with Crippen LogP contribution in [0, 0.1) is 17.7 Å². The van der Waals surface area contributed by atoms with Crippen LogP contribution in [0.15, 0.2) is 41.5 Å². The second-order valence-electron chi connectivity index (χ2n) is 7.58. The van der Waals surface area contributed by atoms with Gasteiger partial charge in [-0.15, -0.1) is 0 Å². The molecule has 1 aliphatic heterocycles. The molecule has 3 atom stereocenters. The molecule has 1 saturated carbocycles. The fraction of sp³-hybridized carbons (Fsp3) is 0.429. The number of nitrogens with one attached hydrogen (secondary N) is 1. The van der Waals surface area contributed by atoms with E-state index in [4.69, 9.17) is 0 Å². The number of benzene rings is 1. The highest BCUT2D eigenvalue weighted by Crippen LogP contribution is 2.29. The normalized spacial score (nSPS) is 25.5. The summed E-state index contributed by atoms with van der Waals surface area (Å²) in [6.07, 6.45) is 8.72. The number of amides is 1. The molecule has 0 saturated heterocycles. The number of dihydropyridines is 1. The van der Waals surface area contributed by atoms with Gasteiger partial charge >= 0.3 is 0 Å². The summed E-state index contributed by atoms with van der Waals surface area (Å²) in [5.74, 6) is 0.255. The summed E-state index contributed by atoms with van der Waals surface area (Å²) < 4.78 is 14.7. The van der Waals surface area contributed by atoms with Gasteiger partial charge in [0, 0.05) is 30.2 Å². The summed E-state index contributed by atoms with van der Waals surface area (Å²) >= 11 is 0. The lowest BCUT2D eigenvalue weighted by molar-refractivity contribution is -0.134. The van der Waals surface area contributed by atoms with Crippen LogP contribution in [0.25, 0.3) is 10.9 Å². The minimum atomic E-state index is -0.294. The van der Waals surface area contributed by atoms with Gasteiger partial charge in [-0.25, -0.2) is 4.39 Å². The molecular formula is C21H24FN3O. The third kappa shape index (κ3) is 2.96. The van der Waals surface area contributed by atoms with Crippen molar-refractivity contribution in [3.05, 3.63) is 47.9 Å². The Labute approximate surface area is 152 Å². The van der Waals surface area contributed by atoms with Gasteiger partial charge in [0.2, 0.25) is 5.91 Å². The molecule has 0 spiro atoms. The fourth-order valence-electron chi connectivity index (χ4n) is 4.11. The number of rotatable bonds is 3. The molecule has 1 amide bonds. The minimum Gasteiger partial charge on any atom is -0.359 e. The van der Waals surface area contributed by atoms with E-state index in [1.807, 2.05) is 30.2 Å². The van der Waals surface area contributed by atoms with Crippen LogP contribution < -0.4 is 0 Å². The molecule has 4 nitrogen and oxygen atoms in total. The fourth-order valence-corrected chi connectivity index (χ4v) is 4.11. The average Bonchev–Trinajstić information content (AvgIpc) is 3.30. The number of aromatic amines is 1. The molecule has 1 aromatic carbocycles. The number of nitrogens with zero attached hydrogens (tertiary/aromatic N) is 2. The van der Waals surface area contributed by atoms with Crippen molar-refractivity contribution in [1.29, 1.82) is 0 Å². The van der Waals surface area contributed by atoms with Gasteiger partial charge in [-0.1, -0.05) is 19.1 Å². The second-order valence-corrected chi connectivity index (χ2v) is 7.58. The Hall–Kier alpha value is -2.43. The SMILES string of the molecule is CC1CCC(N(C)C(=O)C2C=CC(c3ccc4cc[nH]c4c3F)=NC2)C1. The molecule has 0 bridgehead atoms. The highest BCUT2D eigenvalue weighted by Gasteiger charge is 2.31. The molecule has 2 heterocycles. The molecule has 1 N–H and O–H groups in total. The smallest absolute Gasteiger partial charge is 0.231 e. The molecule has 26 heavy (non-hydrogen) atoms. The summed E-state index contributed by atoms with van der Waals surface area (Å²) in [6.45, 7) is 2.62. The third-order valence-electron chi connectivity index (χ3n) is 5.77. The van der Waals surface area contributed by atoms with E-state index in [9.17, 15) is 9.18 Å². The van der Waals surface area contributed by atoms with Gasteiger partial charge in [-0.05, 0) is 43.4 Å². The maximum Gasteiger partial charge on any atom is 0.231 e. The van der Waals surface area contributed by atoms with Crippen LogP contribution in [0.2, 0.25) is 0 Å². The van der Waals surface area contributed by atoms with Crippen molar-refractivity contribution < 1.29 is 9.18 Å². The summed E-state index contributed by atoms with van der Waals surface area (Å²) in [7, 11) is 1.90. The Balaban J connectivity index is 1.48. The van der Waals surface area contributed by atoms with E-state index in [-0.39, 0.29) is 17.6 Å². The number of carbonyl (C=O) groups excluding carboxylic acids is 1. The molecule has 5 heteroatoms. The predicted molar refractivity (Wildman–Crippen MR) is 102 cm³/mol. The zero-order chi connectivity index (χ0) is 18.3. The van der Waals surface area contributed by atoms with Crippen molar-refractivity contribution in [2.75, 3.05) is 13.6 Å². The lowest BCUT2D eigenvalue weighted by Crippen LogP contribution is -2.40. The van der Waals surface area contributed by atoms with Crippen molar-refractivity contribution in [3.63, 3.8) is 0 Å². The lowest BCUT2D eigenvalue weighted by atomic mass is 9.99. The van der Waals surface area contributed by atoms with E-state index in [2.05, 4.69) is 16.9 Å². The molecule has 2 aromatic rings. The topological polar surface area (TPSA) is 48.5 Å². The van der Waals surface area contributed by atoms with Crippen LogP contribution in [-0.4, -0.2) is 41.1 Å². The first kappa shape index (κ1) is 17.0. The van der Waals surface area contributed by atoms with E-state index in [0.717, 1.165) is 18.2 Å². The standard InChI is InChI=1S/C21H24FN3O/c1-13-3-6-16(11-13)25(2)21(26)15-5-8-18(24-12-15)17-7-4-14-9-10-23-20(14)19(17)22/h4-5,7-10,13,15-16,23H,3,6,11-12H2,1-2H3. The molecular weight excluding hydrogens is 329 g/mol. The first-order valence-electron chi connectivity index (χ1n) is 9.30. The van der Waals surface area contributed by atoms with Gasteiger partial charge in [0.1, 0.15) is 0 Å². The highest BCUT2D eigenvalue weighted by molar-refractivity contribution is 6.11.